The van der Waals surface area contributed by atoms with E-state index in [1.54, 1.807) is 6.20 Å². The van der Waals surface area contributed by atoms with Crippen molar-refractivity contribution in [3.63, 3.8) is 0 Å². The van der Waals surface area contributed by atoms with Crippen LogP contribution in [0.1, 0.15) is 5.69 Å². The van der Waals surface area contributed by atoms with Crippen molar-refractivity contribution >= 4 is 11.8 Å². The first kappa shape index (κ1) is 12.3. The van der Waals surface area contributed by atoms with E-state index in [1.807, 2.05) is 48.9 Å². The van der Waals surface area contributed by atoms with Gasteiger partial charge >= 0.3 is 0 Å². The molecule has 0 spiro atoms. The standard InChI is InChI=1S/C12H18N6/c1-10-9-11(17(2)3)16-12(15-10)13-6-8-18-7-4-5-14-18/h4-5,7,9H,6,8H2,1-3H3,(H,13,15,16). The molecule has 6 nitrogen and oxygen atoms in total. The molecule has 96 valence electrons. The van der Waals surface area contributed by atoms with Crippen LogP contribution in [-0.2, 0) is 6.54 Å². The van der Waals surface area contributed by atoms with Crippen LogP contribution in [0.2, 0.25) is 0 Å². The van der Waals surface area contributed by atoms with Crippen molar-refractivity contribution in [2.24, 2.45) is 0 Å². The van der Waals surface area contributed by atoms with Crippen LogP contribution >= 0.6 is 0 Å². The zero-order chi connectivity index (χ0) is 13.0. The second kappa shape index (κ2) is 5.48. The lowest BCUT2D eigenvalue weighted by molar-refractivity contribution is 0.636. The van der Waals surface area contributed by atoms with Crippen LogP contribution in [0.5, 0.6) is 0 Å². The van der Waals surface area contributed by atoms with E-state index in [2.05, 4.69) is 20.4 Å². The van der Waals surface area contributed by atoms with Gasteiger partial charge in [-0.15, -0.1) is 0 Å². The predicted molar refractivity (Wildman–Crippen MR) is 71.8 cm³/mol. The number of nitrogens with one attached hydrogen (secondary N) is 1. The molecule has 0 aromatic carbocycles. The largest absolute Gasteiger partial charge is 0.363 e. The van der Waals surface area contributed by atoms with Crippen molar-refractivity contribution in [3.05, 3.63) is 30.2 Å². The molecule has 0 unspecified atom stereocenters. The second-order valence-corrected chi connectivity index (χ2v) is 4.28. The lowest BCUT2D eigenvalue weighted by Gasteiger charge is -2.13. The van der Waals surface area contributed by atoms with E-state index >= 15 is 0 Å². The van der Waals surface area contributed by atoms with Crippen LogP contribution in [0.3, 0.4) is 0 Å². The van der Waals surface area contributed by atoms with Crippen LogP contribution in [0.25, 0.3) is 0 Å². The maximum atomic E-state index is 4.43. The zero-order valence-electron chi connectivity index (χ0n) is 11.0. The summed E-state index contributed by atoms with van der Waals surface area (Å²) in [5.74, 6) is 1.56. The normalized spacial score (nSPS) is 10.4. The Labute approximate surface area is 107 Å². The Hall–Kier alpha value is -2.11. The molecule has 6 heteroatoms. The third kappa shape index (κ3) is 3.19. The van der Waals surface area contributed by atoms with Gasteiger partial charge in [0.05, 0.1) is 6.54 Å². The topological polar surface area (TPSA) is 58.9 Å². The van der Waals surface area contributed by atoms with E-state index in [9.17, 15) is 0 Å². The summed E-state index contributed by atoms with van der Waals surface area (Å²) in [6, 6.07) is 3.87. The predicted octanol–water partition coefficient (Wildman–Crippen LogP) is 1.16. The molecule has 0 amide bonds. The van der Waals surface area contributed by atoms with Crippen LogP contribution in [-0.4, -0.2) is 40.4 Å². The number of nitrogens with zero attached hydrogens (tertiary/aromatic N) is 5. The summed E-state index contributed by atoms with van der Waals surface area (Å²) in [7, 11) is 3.94. The first-order valence-electron chi connectivity index (χ1n) is 5.89. The van der Waals surface area contributed by atoms with Gasteiger partial charge in [-0.25, -0.2) is 4.98 Å². The van der Waals surface area contributed by atoms with Crippen LogP contribution in [0.4, 0.5) is 11.8 Å². The summed E-state index contributed by atoms with van der Waals surface area (Å²) in [5.41, 5.74) is 0.954. The molecule has 0 saturated carbocycles. The van der Waals surface area contributed by atoms with Gasteiger partial charge in [0.1, 0.15) is 5.82 Å². The third-order valence-electron chi connectivity index (χ3n) is 2.48. The van der Waals surface area contributed by atoms with Crippen LogP contribution in [0.15, 0.2) is 24.5 Å². The minimum Gasteiger partial charge on any atom is -0.363 e. The van der Waals surface area contributed by atoms with E-state index < -0.39 is 0 Å². The summed E-state index contributed by atoms with van der Waals surface area (Å²) in [4.78, 5) is 10.7. The average Bonchev–Trinajstić information content (AvgIpc) is 2.81. The highest BCUT2D eigenvalue weighted by Gasteiger charge is 2.03. The van der Waals surface area contributed by atoms with Crippen molar-refractivity contribution in [1.29, 1.82) is 0 Å². The maximum Gasteiger partial charge on any atom is 0.224 e. The summed E-state index contributed by atoms with van der Waals surface area (Å²) < 4.78 is 1.87. The molecule has 0 aliphatic heterocycles. The van der Waals surface area contributed by atoms with Gasteiger partial charge in [-0.1, -0.05) is 0 Å². The number of aryl methyl sites for hydroxylation is 1. The average molecular weight is 246 g/mol. The van der Waals surface area contributed by atoms with E-state index in [0.29, 0.717) is 5.95 Å². The highest BCUT2D eigenvalue weighted by atomic mass is 15.3. The van der Waals surface area contributed by atoms with E-state index in [4.69, 9.17) is 0 Å². The molecular weight excluding hydrogens is 228 g/mol. The summed E-state index contributed by atoms with van der Waals surface area (Å²) in [5, 5.41) is 7.35. The fourth-order valence-electron chi connectivity index (χ4n) is 1.58. The lowest BCUT2D eigenvalue weighted by atomic mass is 10.4. The van der Waals surface area contributed by atoms with Crippen molar-refractivity contribution in [1.82, 2.24) is 19.7 Å². The molecule has 2 aromatic heterocycles. The van der Waals surface area contributed by atoms with Gasteiger partial charge in [-0.05, 0) is 13.0 Å². The molecule has 18 heavy (non-hydrogen) atoms. The van der Waals surface area contributed by atoms with Crippen molar-refractivity contribution in [2.45, 2.75) is 13.5 Å². The molecule has 0 saturated heterocycles. The van der Waals surface area contributed by atoms with Crippen LogP contribution < -0.4 is 10.2 Å². The van der Waals surface area contributed by atoms with Crippen molar-refractivity contribution in [2.75, 3.05) is 30.9 Å². The Morgan fingerprint density at radius 1 is 1.33 bits per heavy atom. The summed E-state index contributed by atoms with van der Waals surface area (Å²) >= 11 is 0. The smallest absolute Gasteiger partial charge is 0.224 e. The van der Waals surface area contributed by atoms with Crippen molar-refractivity contribution < 1.29 is 0 Å². The molecule has 0 atom stereocenters. The zero-order valence-corrected chi connectivity index (χ0v) is 11.0. The number of hydrogen-bond donors (Lipinski definition) is 1. The van der Waals surface area contributed by atoms with Gasteiger partial charge in [0.25, 0.3) is 0 Å². The van der Waals surface area contributed by atoms with Gasteiger partial charge in [-0.3, -0.25) is 4.68 Å². The fourth-order valence-corrected chi connectivity index (χ4v) is 1.58. The first-order chi connectivity index (χ1) is 8.65. The van der Waals surface area contributed by atoms with Gasteiger partial charge in [0.2, 0.25) is 5.95 Å². The molecule has 2 aromatic rings. The van der Waals surface area contributed by atoms with Gasteiger partial charge in [0.15, 0.2) is 0 Å². The highest BCUT2D eigenvalue weighted by molar-refractivity contribution is 5.43. The Morgan fingerprint density at radius 2 is 2.17 bits per heavy atom. The second-order valence-electron chi connectivity index (χ2n) is 4.28. The van der Waals surface area contributed by atoms with E-state index in [0.717, 1.165) is 24.6 Å². The maximum absolute atomic E-state index is 4.43. The Balaban J connectivity index is 1.96. The Morgan fingerprint density at radius 3 is 2.83 bits per heavy atom. The molecular formula is C12H18N6. The molecule has 0 fully saturated rings. The lowest BCUT2D eigenvalue weighted by Crippen LogP contribution is -2.16. The van der Waals surface area contributed by atoms with Crippen molar-refractivity contribution in [3.8, 4) is 0 Å². The number of hydrogen-bond acceptors (Lipinski definition) is 5. The van der Waals surface area contributed by atoms with Crippen LogP contribution in [0, 0.1) is 6.92 Å². The molecule has 0 bridgehead atoms. The molecule has 0 aliphatic carbocycles. The number of rotatable bonds is 5. The summed E-state index contributed by atoms with van der Waals surface area (Å²) in [6.07, 6.45) is 3.71. The molecule has 1 N–H and O–H groups in total. The molecule has 2 rings (SSSR count). The SMILES string of the molecule is Cc1cc(N(C)C)nc(NCCn2cccn2)n1. The molecule has 2 heterocycles. The molecule has 0 radical (unpaired) electrons. The third-order valence-corrected chi connectivity index (χ3v) is 2.48. The first-order valence-corrected chi connectivity index (χ1v) is 5.89. The van der Waals surface area contributed by atoms with Gasteiger partial charge < -0.3 is 10.2 Å². The summed E-state index contributed by atoms with van der Waals surface area (Å²) in [6.45, 7) is 3.51. The van der Waals surface area contributed by atoms with E-state index in [1.165, 1.54) is 0 Å². The minimum absolute atomic E-state index is 0.658. The Bertz CT molecular complexity index is 491. The minimum atomic E-state index is 0.658. The fraction of sp³-hybridized carbons (Fsp3) is 0.417. The van der Waals surface area contributed by atoms with Gasteiger partial charge in [-0.2, -0.15) is 10.1 Å². The monoisotopic (exact) mass is 246 g/mol. The van der Waals surface area contributed by atoms with Gasteiger partial charge in [0, 0.05) is 44.8 Å². The number of anilines is 2. The highest BCUT2D eigenvalue weighted by Crippen LogP contribution is 2.11. The Kier molecular flexibility index (Phi) is 3.76. The quantitative estimate of drug-likeness (QED) is 0.858. The molecule has 0 aliphatic rings. The number of aromatic nitrogens is 4. The van der Waals surface area contributed by atoms with E-state index in [-0.39, 0.29) is 0 Å².